The molecule has 0 saturated carbocycles. The van der Waals surface area contributed by atoms with E-state index in [2.05, 4.69) is 11.9 Å². The van der Waals surface area contributed by atoms with Gasteiger partial charge in [0.1, 0.15) is 6.54 Å². The predicted octanol–water partition coefficient (Wildman–Crippen LogP) is 1.23. The number of carbonyl (C=O) groups excluding carboxylic acids is 1. The van der Waals surface area contributed by atoms with Crippen LogP contribution in [0.15, 0.2) is 31.1 Å². The molecule has 0 aliphatic heterocycles. The van der Waals surface area contributed by atoms with Crippen LogP contribution < -0.4 is 5.32 Å². The van der Waals surface area contributed by atoms with Crippen LogP contribution in [0.4, 0.5) is 0 Å². The number of hydrogen-bond acceptors (Lipinski definition) is 2. The summed E-state index contributed by atoms with van der Waals surface area (Å²) >= 11 is 0. The van der Waals surface area contributed by atoms with Crippen LogP contribution in [-0.4, -0.2) is 22.1 Å². The van der Waals surface area contributed by atoms with Crippen molar-refractivity contribution in [2.75, 3.05) is 6.54 Å². The Morgan fingerprint density at radius 3 is 3.12 bits per heavy atom. The van der Waals surface area contributed by atoms with Gasteiger partial charge in [-0.15, -0.1) is 6.58 Å². The van der Waals surface area contributed by atoms with Gasteiger partial charge in [0.05, 0.1) is 6.10 Å². The van der Waals surface area contributed by atoms with Gasteiger partial charge < -0.3 is 15.0 Å². The van der Waals surface area contributed by atoms with Crippen molar-refractivity contribution in [3.05, 3.63) is 36.7 Å². The van der Waals surface area contributed by atoms with Gasteiger partial charge in [0.15, 0.2) is 0 Å². The van der Waals surface area contributed by atoms with Gasteiger partial charge in [-0.05, 0) is 18.1 Å². The zero-order valence-corrected chi connectivity index (χ0v) is 9.52. The van der Waals surface area contributed by atoms with Crippen LogP contribution in [-0.2, 0) is 11.3 Å². The fourth-order valence-electron chi connectivity index (χ4n) is 1.40. The Hall–Kier alpha value is -1.55. The van der Waals surface area contributed by atoms with Crippen molar-refractivity contribution < 1.29 is 9.90 Å². The number of nitrogens with one attached hydrogen (secondary N) is 1. The standard InChI is InChI=1S/C12H18N2O2/c1-3-6-13-12(16)9-14-7-5-10(8-14)11(15)4-2/h3,5,7-8,11,15H,1,4,6,9H2,2H3,(H,13,16). The van der Waals surface area contributed by atoms with E-state index in [0.717, 1.165) is 5.56 Å². The molecule has 0 radical (unpaired) electrons. The topological polar surface area (TPSA) is 54.3 Å². The molecule has 0 spiro atoms. The number of aliphatic hydroxyl groups excluding tert-OH is 1. The quantitative estimate of drug-likeness (QED) is 0.711. The summed E-state index contributed by atoms with van der Waals surface area (Å²) in [5.74, 6) is -0.0620. The molecule has 1 heterocycles. The molecular weight excluding hydrogens is 204 g/mol. The summed E-state index contributed by atoms with van der Waals surface area (Å²) in [4.78, 5) is 11.4. The summed E-state index contributed by atoms with van der Waals surface area (Å²) in [6.45, 7) is 6.18. The molecule has 0 aliphatic rings. The van der Waals surface area contributed by atoms with E-state index in [0.29, 0.717) is 13.0 Å². The van der Waals surface area contributed by atoms with Crippen LogP contribution in [0.25, 0.3) is 0 Å². The van der Waals surface area contributed by atoms with Crippen molar-refractivity contribution in [1.29, 1.82) is 0 Å². The van der Waals surface area contributed by atoms with Gasteiger partial charge in [-0.25, -0.2) is 0 Å². The molecule has 4 heteroatoms. The number of aromatic nitrogens is 1. The third-order valence-corrected chi connectivity index (χ3v) is 2.31. The van der Waals surface area contributed by atoms with Crippen molar-refractivity contribution in [1.82, 2.24) is 9.88 Å². The van der Waals surface area contributed by atoms with E-state index in [9.17, 15) is 9.90 Å². The number of hydrogen-bond donors (Lipinski definition) is 2. The van der Waals surface area contributed by atoms with Crippen LogP contribution in [0.3, 0.4) is 0 Å². The second-order valence-corrected chi connectivity index (χ2v) is 3.63. The SMILES string of the molecule is C=CCNC(=O)Cn1ccc(C(O)CC)c1. The van der Waals surface area contributed by atoms with Gasteiger partial charge in [0, 0.05) is 18.9 Å². The van der Waals surface area contributed by atoms with E-state index < -0.39 is 6.10 Å². The molecule has 0 saturated heterocycles. The van der Waals surface area contributed by atoms with Crippen LogP contribution in [0, 0.1) is 0 Å². The lowest BCUT2D eigenvalue weighted by Gasteiger charge is -2.05. The first-order chi connectivity index (χ1) is 7.67. The highest BCUT2D eigenvalue weighted by molar-refractivity contribution is 5.75. The van der Waals surface area contributed by atoms with Gasteiger partial charge in [0.25, 0.3) is 0 Å². The predicted molar refractivity (Wildman–Crippen MR) is 62.9 cm³/mol. The summed E-state index contributed by atoms with van der Waals surface area (Å²) < 4.78 is 1.76. The molecule has 0 aliphatic carbocycles. The second kappa shape index (κ2) is 6.12. The first-order valence-electron chi connectivity index (χ1n) is 5.38. The average molecular weight is 222 g/mol. The minimum absolute atomic E-state index is 0.0620. The monoisotopic (exact) mass is 222 g/mol. The third kappa shape index (κ3) is 3.55. The van der Waals surface area contributed by atoms with Gasteiger partial charge >= 0.3 is 0 Å². The molecule has 1 atom stereocenters. The molecule has 1 aromatic heterocycles. The lowest BCUT2D eigenvalue weighted by molar-refractivity contribution is -0.121. The number of carbonyl (C=O) groups is 1. The number of aliphatic hydroxyl groups is 1. The Bertz CT molecular complexity index is 358. The highest BCUT2D eigenvalue weighted by Crippen LogP contribution is 2.15. The molecule has 2 N–H and O–H groups in total. The fraction of sp³-hybridized carbons (Fsp3) is 0.417. The van der Waals surface area contributed by atoms with Crippen molar-refractivity contribution in [2.45, 2.75) is 26.0 Å². The number of nitrogens with zero attached hydrogens (tertiary/aromatic N) is 1. The molecule has 1 unspecified atom stereocenters. The first-order valence-corrected chi connectivity index (χ1v) is 5.38. The molecule has 16 heavy (non-hydrogen) atoms. The minimum atomic E-state index is -0.447. The smallest absolute Gasteiger partial charge is 0.240 e. The Morgan fingerprint density at radius 1 is 1.75 bits per heavy atom. The van der Waals surface area contributed by atoms with E-state index in [1.54, 1.807) is 23.0 Å². The fourth-order valence-corrected chi connectivity index (χ4v) is 1.40. The van der Waals surface area contributed by atoms with Crippen LogP contribution in [0.5, 0.6) is 0 Å². The highest BCUT2D eigenvalue weighted by atomic mass is 16.3. The summed E-state index contributed by atoms with van der Waals surface area (Å²) in [6.07, 6.45) is 5.45. The molecule has 0 aromatic carbocycles. The zero-order valence-electron chi connectivity index (χ0n) is 9.52. The lowest BCUT2D eigenvalue weighted by atomic mass is 10.1. The third-order valence-electron chi connectivity index (χ3n) is 2.31. The van der Waals surface area contributed by atoms with E-state index in [1.165, 1.54) is 0 Å². The van der Waals surface area contributed by atoms with Crippen LogP contribution in [0.1, 0.15) is 25.0 Å². The maximum atomic E-state index is 11.4. The summed E-state index contributed by atoms with van der Waals surface area (Å²) in [7, 11) is 0. The second-order valence-electron chi connectivity index (χ2n) is 3.63. The Kier molecular flexibility index (Phi) is 4.79. The molecule has 88 valence electrons. The van der Waals surface area contributed by atoms with Crippen molar-refractivity contribution in [3.63, 3.8) is 0 Å². The normalized spacial score (nSPS) is 12.1. The molecule has 1 rings (SSSR count). The minimum Gasteiger partial charge on any atom is -0.388 e. The van der Waals surface area contributed by atoms with Crippen molar-refractivity contribution in [2.24, 2.45) is 0 Å². The molecule has 4 nitrogen and oxygen atoms in total. The van der Waals surface area contributed by atoms with Crippen LogP contribution in [0.2, 0.25) is 0 Å². The maximum Gasteiger partial charge on any atom is 0.240 e. The lowest BCUT2D eigenvalue weighted by Crippen LogP contribution is -2.27. The largest absolute Gasteiger partial charge is 0.388 e. The zero-order chi connectivity index (χ0) is 12.0. The van der Waals surface area contributed by atoms with E-state index in [4.69, 9.17) is 0 Å². The number of rotatable bonds is 6. The Morgan fingerprint density at radius 2 is 2.50 bits per heavy atom. The highest BCUT2D eigenvalue weighted by Gasteiger charge is 2.07. The summed E-state index contributed by atoms with van der Waals surface area (Å²) in [6, 6.07) is 1.83. The van der Waals surface area contributed by atoms with Gasteiger partial charge in [-0.2, -0.15) is 0 Å². The molecule has 1 amide bonds. The molecule has 0 fully saturated rings. The van der Waals surface area contributed by atoms with Gasteiger partial charge in [0.2, 0.25) is 5.91 Å². The average Bonchev–Trinajstić information content (AvgIpc) is 2.73. The summed E-state index contributed by atoms with van der Waals surface area (Å²) in [5, 5.41) is 12.3. The van der Waals surface area contributed by atoms with Crippen molar-refractivity contribution in [3.8, 4) is 0 Å². The Balaban J connectivity index is 2.51. The van der Waals surface area contributed by atoms with Gasteiger partial charge in [-0.1, -0.05) is 13.0 Å². The van der Waals surface area contributed by atoms with E-state index >= 15 is 0 Å². The van der Waals surface area contributed by atoms with E-state index in [1.807, 2.05) is 13.0 Å². The first kappa shape index (κ1) is 12.5. The molecule has 1 aromatic rings. The molecule has 0 bridgehead atoms. The van der Waals surface area contributed by atoms with Crippen molar-refractivity contribution >= 4 is 5.91 Å². The maximum absolute atomic E-state index is 11.4. The molecular formula is C12H18N2O2. The Labute approximate surface area is 95.6 Å². The summed E-state index contributed by atoms with van der Waals surface area (Å²) in [5.41, 5.74) is 0.846. The van der Waals surface area contributed by atoms with Crippen LogP contribution >= 0.6 is 0 Å². The van der Waals surface area contributed by atoms with E-state index in [-0.39, 0.29) is 12.5 Å². The van der Waals surface area contributed by atoms with Gasteiger partial charge in [-0.3, -0.25) is 4.79 Å². The number of amides is 1.